The molecule has 5 nitrogen and oxygen atoms in total. The van der Waals surface area contributed by atoms with Gasteiger partial charge in [0.15, 0.2) is 0 Å². The van der Waals surface area contributed by atoms with Crippen molar-refractivity contribution in [3.8, 4) is 0 Å². The molecule has 0 N–H and O–H groups in total. The number of hydrogen-bond donors (Lipinski definition) is 0. The van der Waals surface area contributed by atoms with Gasteiger partial charge in [-0.05, 0) is 0 Å². The average molecular weight is 230 g/mol. The fourth-order valence-electron chi connectivity index (χ4n) is 0.741. The molecule has 0 saturated carbocycles. The lowest BCUT2D eigenvalue weighted by Crippen LogP contribution is -1.99. The van der Waals surface area contributed by atoms with E-state index >= 15 is 0 Å². The highest BCUT2D eigenvalue weighted by Gasteiger charge is 2.33. The van der Waals surface area contributed by atoms with Gasteiger partial charge in [-0.3, -0.25) is 9.13 Å². The first-order valence-corrected chi connectivity index (χ1v) is 7.52. The summed E-state index contributed by atoms with van der Waals surface area (Å²) >= 11 is 0. The molecule has 0 saturated heterocycles. The minimum absolute atomic E-state index is 0.167. The van der Waals surface area contributed by atoms with Crippen LogP contribution in [0.2, 0.25) is 0 Å². The van der Waals surface area contributed by atoms with Crippen LogP contribution in [0.5, 0.6) is 0 Å². The third-order valence-electron chi connectivity index (χ3n) is 1.76. The maximum atomic E-state index is 11.7. The zero-order valence-corrected chi connectivity index (χ0v) is 10.1. The molecule has 80 valence electrons. The molecule has 0 fully saturated rings. The van der Waals surface area contributed by atoms with E-state index in [9.17, 15) is 9.13 Å². The normalized spacial score (nSPS) is 16.9. The van der Waals surface area contributed by atoms with Crippen molar-refractivity contribution in [2.75, 3.05) is 33.4 Å². The van der Waals surface area contributed by atoms with E-state index < -0.39 is 15.0 Å². The summed E-state index contributed by atoms with van der Waals surface area (Å²) in [6.45, 7) is 1.71. The first kappa shape index (κ1) is 13.3. The minimum atomic E-state index is -3.22. The lowest BCUT2D eigenvalue weighted by atomic mass is 11.0. The molecule has 7 heteroatoms. The van der Waals surface area contributed by atoms with Gasteiger partial charge in [0, 0.05) is 27.5 Å². The molecule has 0 aliphatic heterocycles. The van der Waals surface area contributed by atoms with Crippen LogP contribution in [0.3, 0.4) is 0 Å². The Kier molecular flexibility index (Phi) is 5.42. The van der Waals surface area contributed by atoms with E-state index in [0.717, 1.165) is 0 Å². The van der Waals surface area contributed by atoms with Crippen molar-refractivity contribution < 1.29 is 22.7 Å². The Labute approximate surface area is 78.7 Å². The Balaban J connectivity index is 4.57. The van der Waals surface area contributed by atoms with Gasteiger partial charge >= 0.3 is 7.60 Å². The molecular formula is C6H16O5P2. The second-order valence-electron chi connectivity index (χ2n) is 2.43. The molecule has 0 amide bonds. The van der Waals surface area contributed by atoms with Crippen molar-refractivity contribution in [3.63, 3.8) is 0 Å². The van der Waals surface area contributed by atoms with E-state index in [1.54, 1.807) is 6.92 Å². The first-order valence-electron chi connectivity index (χ1n) is 3.79. The van der Waals surface area contributed by atoms with Crippen molar-refractivity contribution in [2.24, 2.45) is 0 Å². The van der Waals surface area contributed by atoms with E-state index in [2.05, 4.69) is 9.05 Å². The van der Waals surface area contributed by atoms with Gasteiger partial charge in [-0.15, -0.1) is 0 Å². The Morgan fingerprint density at radius 3 is 1.69 bits per heavy atom. The van der Waals surface area contributed by atoms with Gasteiger partial charge in [-0.2, -0.15) is 0 Å². The quantitative estimate of drug-likeness (QED) is 0.655. The predicted octanol–water partition coefficient (Wildman–Crippen LogP) is 2.37. The summed E-state index contributed by atoms with van der Waals surface area (Å²) in [7, 11) is -2.21. The highest BCUT2D eigenvalue weighted by Crippen LogP contribution is 2.61. The molecule has 0 aromatic heterocycles. The van der Waals surface area contributed by atoms with E-state index in [1.807, 2.05) is 0 Å². The van der Waals surface area contributed by atoms with Crippen LogP contribution >= 0.6 is 15.0 Å². The summed E-state index contributed by atoms with van der Waals surface area (Å²) in [5, 5.41) is 0. The van der Waals surface area contributed by atoms with Gasteiger partial charge in [0.25, 0.3) is 0 Å². The molecule has 0 rings (SSSR count). The van der Waals surface area contributed by atoms with Crippen LogP contribution in [0.4, 0.5) is 0 Å². The summed E-state index contributed by atoms with van der Waals surface area (Å²) in [5.74, 6) is -0.167. The third kappa shape index (κ3) is 3.92. The van der Waals surface area contributed by atoms with Crippen molar-refractivity contribution in [1.82, 2.24) is 0 Å². The van der Waals surface area contributed by atoms with Crippen molar-refractivity contribution >= 4 is 15.0 Å². The predicted molar refractivity (Wildman–Crippen MR) is 51.6 cm³/mol. The molecule has 0 bridgehead atoms. The van der Waals surface area contributed by atoms with Gasteiger partial charge < -0.3 is 13.6 Å². The Bertz CT molecular complexity index is 199. The smallest absolute Gasteiger partial charge is 0.331 e. The third-order valence-corrected chi connectivity index (χ3v) is 7.61. The fraction of sp³-hybridized carbons (Fsp3) is 1.00. The second kappa shape index (κ2) is 5.28. The summed E-state index contributed by atoms with van der Waals surface area (Å²) < 4.78 is 37.5. The maximum Gasteiger partial charge on any atom is 0.339 e. The lowest BCUT2D eigenvalue weighted by Gasteiger charge is -2.19. The molecule has 0 aliphatic rings. The van der Waals surface area contributed by atoms with E-state index in [0.29, 0.717) is 6.16 Å². The van der Waals surface area contributed by atoms with Gasteiger partial charge in [0.05, 0.1) is 0 Å². The standard InChI is InChI=1S/C6H16O5P2/c1-5-12(7,9-2)6-13(8,10-3)11-4/h5-6H2,1-4H3. The lowest BCUT2D eigenvalue weighted by molar-refractivity contribution is 0.278. The SMILES string of the molecule is CCP(=O)(CP(=O)(OC)OC)OC. The summed E-state index contributed by atoms with van der Waals surface area (Å²) in [4.78, 5) is 0. The average Bonchev–Trinajstić information content (AvgIpc) is 2.17. The summed E-state index contributed by atoms with van der Waals surface area (Å²) in [5.41, 5.74) is 0. The van der Waals surface area contributed by atoms with Crippen LogP contribution < -0.4 is 0 Å². The van der Waals surface area contributed by atoms with Crippen LogP contribution in [0.15, 0.2) is 0 Å². The molecule has 0 spiro atoms. The van der Waals surface area contributed by atoms with Crippen molar-refractivity contribution in [1.29, 1.82) is 0 Å². The summed E-state index contributed by atoms with van der Waals surface area (Å²) in [6, 6.07) is 0. The van der Waals surface area contributed by atoms with Crippen LogP contribution in [0, 0.1) is 0 Å². The topological polar surface area (TPSA) is 61.8 Å². The molecule has 1 atom stereocenters. The fourth-order valence-corrected chi connectivity index (χ4v) is 5.44. The van der Waals surface area contributed by atoms with Crippen LogP contribution in [0.25, 0.3) is 0 Å². The second-order valence-corrected chi connectivity index (χ2v) is 8.14. The van der Waals surface area contributed by atoms with Crippen LogP contribution in [0.1, 0.15) is 6.92 Å². The molecule has 13 heavy (non-hydrogen) atoms. The minimum Gasteiger partial charge on any atom is -0.331 e. The zero-order chi connectivity index (χ0) is 10.5. The number of rotatable bonds is 6. The van der Waals surface area contributed by atoms with Crippen LogP contribution in [-0.2, 0) is 22.7 Å². The van der Waals surface area contributed by atoms with Crippen LogP contribution in [-0.4, -0.2) is 33.4 Å². The van der Waals surface area contributed by atoms with Crippen molar-refractivity contribution in [2.45, 2.75) is 6.92 Å². The Morgan fingerprint density at radius 1 is 1.00 bits per heavy atom. The maximum absolute atomic E-state index is 11.7. The Hall–Kier alpha value is 0.340. The molecule has 1 unspecified atom stereocenters. The Morgan fingerprint density at radius 2 is 1.46 bits per heavy atom. The van der Waals surface area contributed by atoms with Crippen molar-refractivity contribution in [3.05, 3.63) is 0 Å². The van der Waals surface area contributed by atoms with E-state index in [4.69, 9.17) is 4.52 Å². The molecular weight excluding hydrogens is 214 g/mol. The zero-order valence-electron chi connectivity index (χ0n) is 8.35. The van der Waals surface area contributed by atoms with E-state index in [1.165, 1.54) is 21.3 Å². The highest BCUT2D eigenvalue weighted by molar-refractivity contribution is 7.73. The van der Waals surface area contributed by atoms with Gasteiger partial charge in [0.2, 0.25) is 7.37 Å². The molecule has 0 aromatic carbocycles. The molecule has 0 radical (unpaired) electrons. The number of hydrogen-bond acceptors (Lipinski definition) is 5. The van der Waals surface area contributed by atoms with Gasteiger partial charge in [-0.1, -0.05) is 6.92 Å². The summed E-state index contributed by atoms with van der Waals surface area (Å²) in [6.07, 6.45) is 0.320. The first-order chi connectivity index (χ1) is 5.95. The van der Waals surface area contributed by atoms with Gasteiger partial charge in [0.1, 0.15) is 5.90 Å². The largest absolute Gasteiger partial charge is 0.339 e. The molecule has 0 heterocycles. The van der Waals surface area contributed by atoms with E-state index in [-0.39, 0.29) is 5.90 Å². The molecule has 0 aliphatic carbocycles. The molecule has 0 aromatic rings. The van der Waals surface area contributed by atoms with Gasteiger partial charge in [-0.25, -0.2) is 0 Å². The highest BCUT2D eigenvalue weighted by atomic mass is 31.2. The monoisotopic (exact) mass is 230 g/mol.